The highest BCUT2D eigenvalue weighted by molar-refractivity contribution is 6.24. The summed E-state index contributed by atoms with van der Waals surface area (Å²) in [5, 5.41) is 12.8. The van der Waals surface area contributed by atoms with Gasteiger partial charge in [0.05, 0.1) is 5.60 Å². The predicted octanol–water partition coefficient (Wildman–Crippen LogP) is 3.41. The van der Waals surface area contributed by atoms with E-state index in [1.807, 2.05) is 0 Å². The Balaban J connectivity index is 2.82. The molecule has 0 aromatic rings. The van der Waals surface area contributed by atoms with Crippen LogP contribution in [-0.4, -0.2) is 34.7 Å². The third kappa shape index (κ3) is 6.52. The Hall–Kier alpha value is -1.75. The molecule has 0 saturated heterocycles. The Morgan fingerprint density at radius 2 is 1.54 bits per heavy atom. The second-order valence-electron chi connectivity index (χ2n) is 7.73. The molecule has 0 bridgehead atoms. The number of rotatable bonds is 10. The molecule has 26 heavy (non-hydrogen) atoms. The van der Waals surface area contributed by atoms with Gasteiger partial charge in [0, 0.05) is 35.3 Å². The molecule has 0 spiro atoms. The molecule has 1 aliphatic rings. The Bertz CT molecular complexity index is 620. The number of ketones is 2. The highest BCUT2D eigenvalue weighted by atomic mass is 16.3. The largest absolute Gasteiger partial charge is 0.390 e. The van der Waals surface area contributed by atoms with E-state index in [-0.39, 0.29) is 17.5 Å². The molecule has 1 amide bonds. The van der Waals surface area contributed by atoms with Gasteiger partial charge in [0.25, 0.3) is 0 Å². The molecule has 0 heterocycles. The van der Waals surface area contributed by atoms with E-state index in [1.165, 1.54) is 0 Å². The lowest BCUT2D eigenvalue weighted by atomic mass is 9.81. The Kier molecular flexibility index (Phi) is 8.41. The molecule has 0 aromatic heterocycles. The Morgan fingerprint density at radius 3 is 2.04 bits per heavy atom. The van der Waals surface area contributed by atoms with Gasteiger partial charge >= 0.3 is 0 Å². The zero-order valence-electron chi connectivity index (χ0n) is 16.8. The number of aliphatic hydroxyl groups is 1. The van der Waals surface area contributed by atoms with E-state index in [9.17, 15) is 19.5 Å². The smallest absolute Gasteiger partial charge is 0.220 e. The van der Waals surface area contributed by atoms with E-state index in [4.69, 9.17) is 0 Å². The van der Waals surface area contributed by atoms with Gasteiger partial charge in [-0.1, -0.05) is 19.8 Å². The number of allylic oxidation sites excluding steroid dienone is 3. The zero-order valence-corrected chi connectivity index (χ0v) is 16.8. The summed E-state index contributed by atoms with van der Waals surface area (Å²) < 4.78 is 0. The summed E-state index contributed by atoms with van der Waals surface area (Å²) in [5.74, 6) is -0.251. The number of hydrogen-bond acceptors (Lipinski definition) is 4. The van der Waals surface area contributed by atoms with Gasteiger partial charge in [-0.05, 0) is 53.4 Å². The van der Waals surface area contributed by atoms with Crippen molar-refractivity contribution in [2.45, 2.75) is 85.2 Å². The fraction of sp³-hybridized carbons (Fsp3) is 0.667. The van der Waals surface area contributed by atoms with E-state index < -0.39 is 5.60 Å². The Morgan fingerprint density at radius 1 is 1.00 bits per heavy atom. The molecule has 0 saturated carbocycles. The molecule has 2 N–H and O–H groups in total. The van der Waals surface area contributed by atoms with E-state index in [1.54, 1.807) is 27.7 Å². The third-order valence-electron chi connectivity index (χ3n) is 4.85. The van der Waals surface area contributed by atoms with E-state index >= 15 is 0 Å². The second kappa shape index (κ2) is 9.81. The van der Waals surface area contributed by atoms with Crippen molar-refractivity contribution >= 4 is 17.5 Å². The molecule has 0 atom stereocenters. The molecule has 1 aliphatic carbocycles. The van der Waals surface area contributed by atoms with Gasteiger partial charge in [-0.3, -0.25) is 14.4 Å². The maximum Gasteiger partial charge on any atom is 0.220 e. The first-order chi connectivity index (χ1) is 12.1. The molecule has 0 unspecified atom stereocenters. The van der Waals surface area contributed by atoms with E-state index in [0.29, 0.717) is 54.5 Å². The average molecular weight is 363 g/mol. The molecule has 0 aliphatic heterocycles. The first kappa shape index (κ1) is 22.3. The third-order valence-corrected chi connectivity index (χ3v) is 4.85. The summed E-state index contributed by atoms with van der Waals surface area (Å²) in [6.45, 7) is 9.15. The van der Waals surface area contributed by atoms with Crippen LogP contribution in [0.2, 0.25) is 0 Å². The standard InChI is InChI=1S/C21H33NO4/c1-6-7-8-9-18(23)22-13-11-17-16(10-12-21(4,5)26)19(24)14(2)15(3)20(17)25/h26H,6-13H2,1-5H3,(H,22,23). The SMILES string of the molecule is CCCCCC(=O)NCCC1=C(CCC(C)(C)O)C(=O)C(C)=C(C)C1=O. The summed E-state index contributed by atoms with van der Waals surface area (Å²) in [7, 11) is 0. The topological polar surface area (TPSA) is 83.5 Å². The maximum absolute atomic E-state index is 12.7. The fourth-order valence-electron chi connectivity index (χ4n) is 2.98. The van der Waals surface area contributed by atoms with Crippen molar-refractivity contribution in [1.82, 2.24) is 5.32 Å². The molecule has 0 aromatic carbocycles. The van der Waals surface area contributed by atoms with Crippen LogP contribution in [0, 0.1) is 0 Å². The summed E-state index contributed by atoms with van der Waals surface area (Å²) in [4.78, 5) is 37.1. The van der Waals surface area contributed by atoms with Crippen molar-refractivity contribution in [1.29, 1.82) is 0 Å². The maximum atomic E-state index is 12.7. The molecular formula is C21H33NO4. The van der Waals surface area contributed by atoms with Crippen LogP contribution in [0.15, 0.2) is 22.3 Å². The van der Waals surface area contributed by atoms with Crippen LogP contribution in [0.25, 0.3) is 0 Å². The number of amides is 1. The van der Waals surface area contributed by atoms with E-state index in [0.717, 1.165) is 19.3 Å². The van der Waals surface area contributed by atoms with Crippen LogP contribution in [0.1, 0.15) is 79.6 Å². The first-order valence-electron chi connectivity index (χ1n) is 9.56. The minimum Gasteiger partial charge on any atom is -0.390 e. The number of hydrogen-bond donors (Lipinski definition) is 2. The molecule has 5 heteroatoms. The summed E-state index contributed by atoms with van der Waals surface area (Å²) in [5.41, 5.74) is 1.02. The van der Waals surface area contributed by atoms with Crippen LogP contribution >= 0.6 is 0 Å². The van der Waals surface area contributed by atoms with Gasteiger partial charge in [-0.25, -0.2) is 0 Å². The lowest BCUT2D eigenvalue weighted by Gasteiger charge is -2.23. The van der Waals surface area contributed by atoms with Crippen LogP contribution in [-0.2, 0) is 14.4 Å². The highest BCUT2D eigenvalue weighted by Crippen LogP contribution is 2.30. The van der Waals surface area contributed by atoms with Crippen LogP contribution in [0.4, 0.5) is 0 Å². The van der Waals surface area contributed by atoms with Gasteiger partial charge < -0.3 is 10.4 Å². The van der Waals surface area contributed by atoms with Gasteiger partial charge in [0.1, 0.15) is 0 Å². The monoisotopic (exact) mass is 363 g/mol. The average Bonchev–Trinajstić information content (AvgIpc) is 2.56. The molecule has 146 valence electrons. The quantitative estimate of drug-likeness (QED) is 0.460. The van der Waals surface area contributed by atoms with Gasteiger partial charge in [0.2, 0.25) is 5.91 Å². The number of unbranched alkanes of at least 4 members (excludes halogenated alkanes) is 2. The predicted molar refractivity (Wildman–Crippen MR) is 103 cm³/mol. The molecule has 5 nitrogen and oxygen atoms in total. The van der Waals surface area contributed by atoms with E-state index in [2.05, 4.69) is 12.2 Å². The second-order valence-corrected chi connectivity index (χ2v) is 7.73. The van der Waals surface area contributed by atoms with Gasteiger partial charge in [-0.2, -0.15) is 0 Å². The van der Waals surface area contributed by atoms with Crippen molar-refractivity contribution in [3.05, 3.63) is 22.3 Å². The normalized spacial score (nSPS) is 15.8. The van der Waals surface area contributed by atoms with Crippen molar-refractivity contribution in [3.8, 4) is 0 Å². The summed E-state index contributed by atoms with van der Waals surface area (Å²) >= 11 is 0. The lowest BCUT2D eigenvalue weighted by molar-refractivity contribution is -0.121. The number of carbonyl (C=O) groups excluding carboxylic acids is 3. The lowest BCUT2D eigenvalue weighted by Crippen LogP contribution is -2.29. The van der Waals surface area contributed by atoms with Crippen LogP contribution < -0.4 is 5.32 Å². The van der Waals surface area contributed by atoms with Crippen molar-refractivity contribution in [2.75, 3.05) is 6.54 Å². The minimum atomic E-state index is -0.904. The summed E-state index contributed by atoms with van der Waals surface area (Å²) in [6, 6.07) is 0. The van der Waals surface area contributed by atoms with Crippen molar-refractivity contribution < 1.29 is 19.5 Å². The molecule has 0 fully saturated rings. The van der Waals surface area contributed by atoms with Crippen LogP contribution in [0.5, 0.6) is 0 Å². The molecule has 1 rings (SSSR count). The number of Topliss-reactive ketones (excluding diaryl/α,β-unsaturated/α-hetero) is 2. The van der Waals surface area contributed by atoms with Gasteiger partial charge in [-0.15, -0.1) is 0 Å². The Labute approximate surface area is 156 Å². The highest BCUT2D eigenvalue weighted by Gasteiger charge is 2.30. The van der Waals surface area contributed by atoms with Gasteiger partial charge in [0.15, 0.2) is 11.6 Å². The number of carbonyl (C=O) groups is 3. The fourth-order valence-corrected chi connectivity index (χ4v) is 2.98. The van der Waals surface area contributed by atoms with Crippen LogP contribution in [0.3, 0.4) is 0 Å². The van der Waals surface area contributed by atoms with Crippen molar-refractivity contribution in [3.63, 3.8) is 0 Å². The minimum absolute atomic E-state index is 0.0184. The first-order valence-corrected chi connectivity index (χ1v) is 9.56. The zero-order chi connectivity index (χ0) is 19.9. The van der Waals surface area contributed by atoms with Crippen molar-refractivity contribution in [2.24, 2.45) is 0 Å². The number of nitrogens with one attached hydrogen (secondary N) is 1. The molecule has 0 radical (unpaired) electrons. The molecular weight excluding hydrogens is 330 g/mol. The summed E-state index contributed by atoms with van der Waals surface area (Å²) in [6.07, 6.45) is 4.54.